The van der Waals surface area contributed by atoms with E-state index in [1.165, 1.54) is 16.7 Å². The Bertz CT molecular complexity index is 819. The molecule has 0 aliphatic carbocycles. The minimum absolute atomic E-state index is 0.106. The van der Waals surface area contributed by atoms with Gasteiger partial charge in [0.05, 0.1) is 11.2 Å². The maximum absolute atomic E-state index is 12.5. The summed E-state index contributed by atoms with van der Waals surface area (Å²) in [5.74, 6) is -0.250. The van der Waals surface area contributed by atoms with Gasteiger partial charge in [0.1, 0.15) is 4.32 Å². The lowest BCUT2D eigenvalue weighted by atomic mass is 10.2. The number of benzene rings is 1. The first-order valence-electron chi connectivity index (χ1n) is 8.18. The van der Waals surface area contributed by atoms with Crippen molar-refractivity contribution in [2.45, 2.75) is 12.8 Å². The average Bonchev–Trinajstić information content (AvgIpc) is 3.23. The zero-order valence-electron chi connectivity index (χ0n) is 14.0. The van der Waals surface area contributed by atoms with Crippen LogP contribution < -0.4 is 5.32 Å². The normalized spacial score (nSPS) is 15.7. The van der Waals surface area contributed by atoms with Crippen molar-refractivity contribution in [1.82, 2.24) is 20.2 Å². The minimum atomic E-state index is -0.144. The van der Waals surface area contributed by atoms with Crippen LogP contribution in [0.15, 0.2) is 47.8 Å². The van der Waals surface area contributed by atoms with E-state index < -0.39 is 0 Å². The number of aromatic amines is 1. The van der Waals surface area contributed by atoms with Crippen molar-refractivity contribution in [2.24, 2.45) is 0 Å². The number of nitrogens with one attached hydrogen (secondary N) is 2. The molecule has 1 fully saturated rings. The molecule has 0 bridgehead atoms. The van der Waals surface area contributed by atoms with Crippen LogP contribution in [-0.4, -0.2) is 44.1 Å². The molecule has 1 aliphatic rings. The van der Waals surface area contributed by atoms with Gasteiger partial charge in [0, 0.05) is 37.8 Å². The molecule has 8 heteroatoms. The Labute approximate surface area is 161 Å². The summed E-state index contributed by atoms with van der Waals surface area (Å²) in [4.78, 5) is 33.5. The molecule has 2 N–H and O–H groups in total. The van der Waals surface area contributed by atoms with Gasteiger partial charge in [-0.15, -0.1) is 0 Å². The van der Waals surface area contributed by atoms with E-state index in [9.17, 15) is 9.59 Å². The minimum Gasteiger partial charge on any atom is -0.356 e. The molecule has 6 nitrogen and oxygen atoms in total. The van der Waals surface area contributed by atoms with Crippen LogP contribution >= 0.6 is 24.0 Å². The third-order valence-electron chi connectivity index (χ3n) is 3.80. The Morgan fingerprint density at radius 2 is 2.15 bits per heavy atom. The summed E-state index contributed by atoms with van der Waals surface area (Å²) in [5, 5.41) is 2.84. The summed E-state index contributed by atoms with van der Waals surface area (Å²) in [5.41, 5.74) is 1.91. The second-order valence-electron chi connectivity index (χ2n) is 5.67. The second-order valence-corrected chi connectivity index (χ2v) is 7.35. The molecular formula is C18H18N4O2S2. The molecule has 1 aliphatic heterocycles. The van der Waals surface area contributed by atoms with Gasteiger partial charge in [0.2, 0.25) is 5.91 Å². The number of hydrogen-bond acceptors (Lipinski definition) is 5. The Kier molecular flexibility index (Phi) is 6.19. The van der Waals surface area contributed by atoms with Gasteiger partial charge in [-0.05, 0) is 11.6 Å². The first-order valence-corrected chi connectivity index (χ1v) is 9.40. The highest BCUT2D eigenvalue weighted by Gasteiger charge is 2.31. The highest BCUT2D eigenvalue weighted by atomic mass is 32.2. The fraction of sp³-hybridized carbons (Fsp3) is 0.222. The van der Waals surface area contributed by atoms with Crippen LogP contribution in [0.1, 0.15) is 17.7 Å². The smallest absolute Gasteiger partial charge is 0.266 e. The molecule has 2 heterocycles. The molecule has 1 saturated heterocycles. The van der Waals surface area contributed by atoms with Crippen molar-refractivity contribution < 1.29 is 9.59 Å². The first-order chi connectivity index (χ1) is 12.6. The van der Waals surface area contributed by atoms with Crippen LogP contribution in [0.3, 0.4) is 0 Å². The van der Waals surface area contributed by atoms with Crippen LogP contribution in [0.5, 0.6) is 0 Å². The van der Waals surface area contributed by atoms with E-state index in [1.807, 2.05) is 36.4 Å². The van der Waals surface area contributed by atoms with Crippen LogP contribution in [0.2, 0.25) is 0 Å². The van der Waals surface area contributed by atoms with E-state index in [0.717, 1.165) is 11.3 Å². The van der Waals surface area contributed by atoms with Crippen LogP contribution in [0, 0.1) is 0 Å². The van der Waals surface area contributed by atoms with Crippen molar-refractivity contribution in [3.63, 3.8) is 0 Å². The fourth-order valence-corrected chi connectivity index (χ4v) is 3.76. The Morgan fingerprint density at radius 3 is 2.88 bits per heavy atom. The Hall–Kier alpha value is -2.45. The fourth-order valence-electron chi connectivity index (χ4n) is 2.45. The molecule has 0 atom stereocenters. The lowest BCUT2D eigenvalue weighted by molar-refractivity contribution is -0.123. The largest absolute Gasteiger partial charge is 0.356 e. The predicted octanol–water partition coefficient (Wildman–Crippen LogP) is 2.36. The second kappa shape index (κ2) is 8.77. The van der Waals surface area contributed by atoms with Gasteiger partial charge in [-0.2, -0.15) is 0 Å². The zero-order valence-corrected chi connectivity index (χ0v) is 15.6. The van der Waals surface area contributed by atoms with Crippen molar-refractivity contribution in [3.05, 3.63) is 59.0 Å². The molecule has 1 aromatic heterocycles. The van der Waals surface area contributed by atoms with E-state index >= 15 is 0 Å². The number of thioether (sulfide) groups is 1. The number of imidazole rings is 1. The standard InChI is InChI=1S/C18H18N4O2S2/c23-16(20-8-6-14-11-19-12-21-14)7-9-22-17(24)15(26-18(22)25)10-13-4-2-1-3-5-13/h1-5,10-12H,6-9H2,(H,19,21)(H,20,23). The summed E-state index contributed by atoms with van der Waals surface area (Å²) >= 11 is 6.56. The highest BCUT2D eigenvalue weighted by Crippen LogP contribution is 2.32. The van der Waals surface area contributed by atoms with E-state index in [0.29, 0.717) is 22.2 Å². The topological polar surface area (TPSA) is 78.1 Å². The number of carbonyl (C=O) groups excluding carboxylic acids is 2. The lowest BCUT2D eigenvalue weighted by Crippen LogP contribution is -2.34. The number of nitrogens with zero attached hydrogens (tertiary/aromatic N) is 2. The third kappa shape index (κ3) is 4.80. The summed E-state index contributed by atoms with van der Waals surface area (Å²) in [6, 6.07) is 9.62. The summed E-state index contributed by atoms with van der Waals surface area (Å²) < 4.78 is 0.488. The van der Waals surface area contributed by atoms with Gasteiger partial charge in [0.15, 0.2) is 0 Å². The van der Waals surface area contributed by atoms with E-state index in [2.05, 4.69) is 15.3 Å². The van der Waals surface area contributed by atoms with Gasteiger partial charge in [-0.1, -0.05) is 54.3 Å². The quantitative estimate of drug-likeness (QED) is 0.564. The number of rotatable bonds is 7. The lowest BCUT2D eigenvalue weighted by Gasteiger charge is -2.14. The van der Waals surface area contributed by atoms with Gasteiger partial charge < -0.3 is 10.3 Å². The Balaban J connectivity index is 1.48. The van der Waals surface area contributed by atoms with Crippen molar-refractivity contribution >= 4 is 46.2 Å². The summed E-state index contributed by atoms with van der Waals surface area (Å²) in [6.07, 6.45) is 6.06. The van der Waals surface area contributed by atoms with Crippen molar-refractivity contribution in [2.75, 3.05) is 13.1 Å². The number of carbonyl (C=O) groups is 2. The van der Waals surface area contributed by atoms with Gasteiger partial charge in [0.25, 0.3) is 5.91 Å². The summed E-state index contributed by atoms with van der Waals surface area (Å²) in [7, 11) is 0. The molecule has 1 aromatic carbocycles. The SMILES string of the molecule is O=C(CCN1C(=O)C(=Cc2ccccc2)SC1=S)NCCc1cnc[nH]1. The van der Waals surface area contributed by atoms with Gasteiger partial charge in [-0.25, -0.2) is 4.98 Å². The van der Waals surface area contributed by atoms with Crippen LogP contribution in [-0.2, 0) is 16.0 Å². The maximum atomic E-state index is 12.5. The molecule has 2 aromatic rings. The molecule has 0 saturated carbocycles. The average molecular weight is 387 g/mol. The molecule has 26 heavy (non-hydrogen) atoms. The molecular weight excluding hydrogens is 368 g/mol. The summed E-state index contributed by atoms with van der Waals surface area (Å²) in [6.45, 7) is 0.806. The maximum Gasteiger partial charge on any atom is 0.266 e. The monoisotopic (exact) mass is 386 g/mol. The van der Waals surface area contributed by atoms with E-state index in [4.69, 9.17) is 12.2 Å². The van der Waals surface area contributed by atoms with E-state index in [-0.39, 0.29) is 24.8 Å². The molecule has 134 valence electrons. The Morgan fingerprint density at radius 1 is 1.35 bits per heavy atom. The number of thiocarbonyl (C=S) groups is 1. The van der Waals surface area contributed by atoms with Crippen LogP contribution in [0.25, 0.3) is 6.08 Å². The van der Waals surface area contributed by atoms with Crippen molar-refractivity contribution in [3.8, 4) is 0 Å². The van der Waals surface area contributed by atoms with E-state index in [1.54, 1.807) is 12.5 Å². The zero-order chi connectivity index (χ0) is 18.4. The third-order valence-corrected chi connectivity index (χ3v) is 5.18. The molecule has 0 unspecified atom stereocenters. The van der Waals surface area contributed by atoms with Crippen LogP contribution in [0.4, 0.5) is 0 Å². The molecule has 0 radical (unpaired) electrons. The number of H-pyrrole nitrogens is 1. The number of amides is 2. The molecule has 2 amide bonds. The highest BCUT2D eigenvalue weighted by molar-refractivity contribution is 8.26. The predicted molar refractivity (Wildman–Crippen MR) is 106 cm³/mol. The molecule has 0 spiro atoms. The number of hydrogen-bond donors (Lipinski definition) is 2. The molecule has 3 rings (SSSR count). The van der Waals surface area contributed by atoms with Crippen molar-refractivity contribution in [1.29, 1.82) is 0 Å². The van der Waals surface area contributed by atoms with Gasteiger partial charge in [-0.3, -0.25) is 14.5 Å². The number of aromatic nitrogens is 2. The van der Waals surface area contributed by atoms with Gasteiger partial charge >= 0.3 is 0 Å². The first kappa shape index (κ1) is 18.3.